The number of ether oxygens (including phenoxy) is 1. The molecule has 3 heterocycles. The smallest absolute Gasteiger partial charge is 0.307 e. The number of hydrogen-bond acceptors (Lipinski definition) is 8. The number of rotatable bonds is 6. The van der Waals surface area contributed by atoms with E-state index in [1.54, 1.807) is 16.7 Å². The van der Waals surface area contributed by atoms with Crippen LogP contribution >= 0.6 is 23.2 Å². The number of β-amino-alcohol motifs (C(OH)–C–C–N with tert-alkyl or cyclic N) is 1. The van der Waals surface area contributed by atoms with Crippen molar-refractivity contribution in [2.24, 2.45) is 9.98 Å². The second-order valence-corrected chi connectivity index (χ2v) is 11.6. The molecule has 3 aliphatic heterocycles. The number of aliphatic imine (C=N–C) groups is 2. The van der Waals surface area contributed by atoms with Crippen molar-refractivity contribution in [3.63, 3.8) is 0 Å². The van der Waals surface area contributed by atoms with Gasteiger partial charge >= 0.3 is 5.12 Å². The highest BCUT2D eigenvalue weighted by Gasteiger charge is 2.41. The van der Waals surface area contributed by atoms with E-state index in [0.29, 0.717) is 39.1 Å². The third kappa shape index (κ3) is 6.21. The lowest BCUT2D eigenvalue weighted by molar-refractivity contribution is -0.135. The minimum absolute atomic E-state index is 0.0669. The Labute approximate surface area is 255 Å². The highest BCUT2D eigenvalue weighted by molar-refractivity contribution is 6.46. The molecule has 0 saturated carbocycles. The second kappa shape index (κ2) is 11.8. The Hall–Kier alpha value is -3.65. The molecule has 3 aliphatic rings. The highest BCUT2D eigenvalue weighted by atomic mass is 35.5. The van der Waals surface area contributed by atoms with Crippen molar-refractivity contribution >= 4 is 58.5 Å². The van der Waals surface area contributed by atoms with Gasteiger partial charge in [-0.1, -0.05) is 23.2 Å². The van der Waals surface area contributed by atoms with Gasteiger partial charge in [-0.25, -0.2) is 14.4 Å². The molecule has 11 nitrogen and oxygen atoms in total. The molecule has 15 heteroatoms. The maximum Gasteiger partial charge on any atom is 0.307 e. The Morgan fingerprint density at radius 3 is 2.44 bits per heavy atom. The van der Waals surface area contributed by atoms with Crippen LogP contribution in [0.1, 0.15) is 29.3 Å². The van der Waals surface area contributed by atoms with Crippen LogP contribution in [0.25, 0.3) is 0 Å². The fraction of sp³-hybridized carbons (Fsp3) is 0.393. The number of carbonyl (C=O) groups is 3. The summed E-state index contributed by atoms with van der Waals surface area (Å²) in [6.07, 6.45) is 1.39. The third-order valence-electron chi connectivity index (χ3n) is 7.47. The number of nitrogens with one attached hydrogen (secondary N) is 2. The summed E-state index contributed by atoms with van der Waals surface area (Å²) in [5.74, 6) is -4.08. The SMILES string of the molecule is COc1ccc(C2=NC(Cl)(C(=O)Nc3ccc(C(=O)N4CCN(C(=O)[C@@H]5C[C@](C)(O)CN5)CC4)c(Cl)c3)N=C2)c(F)c1F. The van der Waals surface area contributed by atoms with Gasteiger partial charge in [-0.05, 0) is 37.3 Å². The lowest BCUT2D eigenvalue weighted by atomic mass is 10.0. The van der Waals surface area contributed by atoms with Crippen LogP contribution in [0.4, 0.5) is 14.5 Å². The molecule has 43 heavy (non-hydrogen) atoms. The fourth-order valence-electron chi connectivity index (χ4n) is 5.09. The minimum atomic E-state index is -2.18. The zero-order chi connectivity index (χ0) is 31.1. The molecule has 2 aromatic carbocycles. The van der Waals surface area contributed by atoms with E-state index in [1.807, 2.05) is 0 Å². The Morgan fingerprint density at radius 1 is 1.12 bits per heavy atom. The van der Waals surface area contributed by atoms with Crippen LogP contribution in [-0.2, 0) is 9.59 Å². The summed E-state index contributed by atoms with van der Waals surface area (Å²) in [6.45, 7) is 3.30. The van der Waals surface area contributed by atoms with Gasteiger partial charge in [-0.2, -0.15) is 4.39 Å². The molecular formula is C28H28Cl2F2N6O5. The summed E-state index contributed by atoms with van der Waals surface area (Å²) in [4.78, 5) is 50.0. The first-order valence-corrected chi connectivity index (χ1v) is 14.1. The van der Waals surface area contributed by atoms with Gasteiger partial charge in [0.25, 0.3) is 11.8 Å². The van der Waals surface area contributed by atoms with Gasteiger partial charge in [0, 0.05) is 50.4 Å². The highest BCUT2D eigenvalue weighted by Crippen LogP contribution is 2.31. The van der Waals surface area contributed by atoms with E-state index < -0.39 is 34.3 Å². The third-order valence-corrected chi connectivity index (χ3v) is 8.13. The molecule has 2 saturated heterocycles. The molecule has 0 bridgehead atoms. The molecule has 5 rings (SSSR count). The number of benzene rings is 2. The van der Waals surface area contributed by atoms with Crippen LogP contribution in [0, 0.1) is 11.6 Å². The van der Waals surface area contributed by atoms with Crippen LogP contribution in [0.15, 0.2) is 40.3 Å². The standard InChI is InChI=1S/C28H28Cl2F2N6O5/c1-27(42)12-19(33-14-27)25(40)38-9-7-37(8-10-38)24(39)16-4-3-15(11-18(16)29)35-26(41)28(30)34-13-20(36-28)17-5-6-21(43-2)23(32)22(17)31/h3-6,11,13,19,33,42H,7-10,12,14H2,1-2H3,(H,35,41)/t19-,27-,28?/m0/s1. The largest absolute Gasteiger partial charge is 0.494 e. The zero-order valence-corrected chi connectivity index (χ0v) is 24.7. The van der Waals surface area contributed by atoms with Gasteiger partial charge in [-0.3, -0.25) is 14.4 Å². The van der Waals surface area contributed by atoms with Crippen molar-refractivity contribution in [1.29, 1.82) is 0 Å². The van der Waals surface area contributed by atoms with E-state index in [0.717, 1.165) is 6.21 Å². The topological polar surface area (TPSA) is 136 Å². The molecule has 3 atom stereocenters. The van der Waals surface area contributed by atoms with Crippen LogP contribution in [0.2, 0.25) is 5.02 Å². The van der Waals surface area contributed by atoms with Crippen molar-refractivity contribution in [3.05, 3.63) is 58.1 Å². The number of alkyl halides is 1. The molecule has 0 aliphatic carbocycles. The van der Waals surface area contributed by atoms with Crippen molar-refractivity contribution in [3.8, 4) is 5.75 Å². The zero-order valence-electron chi connectivity index (χ0n) is 23.2. The Kier molecular flexibility index (Phi) is 8.45. The van der Waals surface area contributed by atoms with E-state index in [9.17, 15) is 28.3 Å². The molecule has 2 fully saturated rings. The van der Waals surface area contributed by atoms with E-state index in [2.05, 4.69) is 20.6 Å². The number of anilines is 1. The lowest BCUT2D eigenvalue weighted by Crippen LogP contribution is -2.54. The van der Waals surface area contributed by atoms with Crippen molar-refractivity contribution in [2.45, 2.75) is 30.1 Å². The summed E-state index contributed by atoms with van der Waals surface area (Å²) >= 11 is 12.7. The average Bonchev–Trinajstić information content (AvgIpc) is 3.56. The molecule has 3 N–H and O–H groups in total. The normalized spacial score (nSPS) is 25.1. The Balaban J connectivity index is 1.20. The molecule has 228 valence electrons. The van der Waals surface area contributed by atoms with Crippen LogP contribution in [0.3, 0.4) is 0 Å². The first-order valence-electron chi connectivity index (χ1n) is 13.3. The van der Waals surface area contributed by atoms with E-state index in [-0.39, 0.29) is 45.1 Å². The molecular weight excluding hydrogens is 609 g/mol. The molecule has 0 spiro atoms. The van der Waals surface area contributed by atoms with Crippen molar-refractivity contribution in [1.82, 2.24) is 15.1 Å². The molecule has 3 amide bonds. The summed E-state index contributed by atoms with van der Waals surface area (Å²) in [6, 6.07) is 6.26. The number of aliphatic hydroxyl groups is 1. The van der Waals surface area contributed by atoms with E-state index >= 15 is 0 Å². The number of halogens is 4. The predicted octanol–water partition coefficient (Wildman–Crippen LogP) is 2.43. The van der Waals surface area contributed by atoms with Gasteiger partial charge in [0.1, 0.15) is 0 Å². The summed E-state index contributed by atoms with van der Waals surface area (Å²) in [7, 11) is 1.20. The molecule has 0 aromatic heterocycles. The molecule has 0 radical (unpaired) electrons. The fourth-order valence-corrected chi connectivity index (χ4v) is 5.54. The Morgan fingerprint density at radius 2 is 1.81 bits per heavy atom. The average molecular weight is 637 g/mol. The van der Waals surface area contributed by atoms with E-state index in [1.165, 1.54) is 37.4 Å². The van der Waals surface area contributed by atoms with Gasteiger partial charge in [0.15, 0.2) is 11.6 Å². The van der Waals surface area contributed by atoms with Gasteiger partial charge in [0.2, 0.25) is 11.7 Å². The predicted molar refractivity (Wildman–Crippen MR) is 156 cm³/mol. The number of piperazine rings is 1. The summed E-state index contributed by atoms with van der Waals surface area (Å²) in [5, 5.41) is 13.6. The summed E-state index contributed by atoms with van der Waals surface area (Å²) < 4.78 is 33.4. The van der Waals surface area contributed by atoms with Crippen LogP contribution in [-0.4, -0.2) is 101 Å². The van der Waals surface area contributed by atoms with Crippen LogP contribution in [0.5, 0.6) is 5.75 Å². The lowest BCUT2D eigenvalue weighted by Gasteiger charge is -2.36. The number of carbonyl (C=O) groups excluding carboxylic acids is 3. The maximum atomic E-state index is 14.5. The monoisotopic (exact) mass is 636 g/mol. The van der Waals surface area contributed by atoms with Gasteiger partial charge in [0.05, 0.1) is 41.3 Å². The first-order chi connectivity index (χ1) is 20.3. The number of methoxy groups -OCH3 is 1. The number of nitrogens with zero attached hydrogens (tertiary/aromatic N) is 4. The van der Waals surface area contributed by atoms with Gasteiger partial charge < -0.3 is 30.3 Å². The molecule has 1 unspecified atom stereocenters. The van der Waals surface area contributed by atoms with Crippen LogP contribution < -0.4 is 15.4 Å². The molecule has 2 aromatic rings. The van der Waals surface area contributed by atoms with E-state index in [4.69, 9.17) is 27.9 Å². The van der Waals surface area contributed by atoms with Crippen molar-refractivity contribution in [2.75, 3.05) is 45.2 Å². The first kappa shape index (κ1) is 30.8. The summed E-state index contributed by atoms with van der Waals surface area (Å²) in [5.41, 5.74) is -0.928. The Bertz CT molecular complexity index is 1550. The van der Waals surface area contributed by atoms with Crippen molar-refractivity contribution < 1.29 is 33.0 Å². The maximum absolute atomic E-state index is 14.5. The number of amides is 3. The second-order valence-electron chi connectivity index (χ2n) is 10.7. The quantitative estimate of drug-likeness (QED) is 0.329. The minimum Gasteiger partial charge on any atom is -0.494 e. The number of hydrogen-bond donors (Lipinski definition) is 3. The van der Waals surface area contributed by atoms with Gasteiger partial charge in [-0.15, -0.1) is 0 Å².